The summed E-state index contributed by atoms with van der Waals surface area (Å²) in [5, 5.41) is 3.05. The summed E-state index contributed by atoms with van der Waals surface area (Å²) in [6, 6.07) is 11.1. The van der Waals surface area contributed by atoms with Crippen LogP contribution in [0.1, 0.15) is 36.7 Å². The first-order valence-electron chi connectivity index (χ1n) is 9.92. The van der Waals surface area contributed by atoms with E-state index >= 15 is 0 Å². The Morgan fingerprint density at radius 2 is 1.76 bits per heavy atom. The van der Waals surface area contributed by atoms with E-state index in [1.807, 2.05) is 6.92 Å². The molecule has 1 aromatic heterocycles. The van der Waals surface area contributed by atoms with Crippen molar-refractivity contribution in [2.45, 2.75) is 25.7 Å². The summed E-state index contributed by atoms with van der Waals surface area (Å²) in [5.41, 5.74) is 7.56. The maximum absolute atomic E-state index is 13.3. The lowest BCUT2D eigenvalue weighted by molar-refractivity contribution is 0.100. The quantitative estimate of drug-likeness (QED) is 0.525. The van der Waals surface area contributed by atoms with E-state index in [9.17, 15) is 18.0 Å². The fourth-order valence-electron chi connectivity index (χ4n) is 3.37. The van der Waals surface area contributed by atoms with Crippen LogP contribution in [-0.2, 0) is 10.0 Å². The number of carbonyl (C=O) groups excluding carboxylic acids is 2. The molecule has 3 rings (SSSR count). The molecule has 0 radical (unpaired) electrons. The van der Waals surface area contributed by atoms with E-state index in [4.69, 9.17) is 10.5 Å². The predicted molar refractivity (Wildman–Crippen MR) is 130 cm³/mol. The number of nitrogens with one attached hydrogen (secondary N) is 1. The topological polar surface area (TPSA) is 119 Å². The summed E-state index contributed by atoms with van der Waals surface area (Å²) in [5.74, 6) is -0.775. The van der Waals surface area contributed by atoms with Crippen LogP contribution < -0.4 is 20.1 Å². The van der Waals surface area contributed by atoms with Crippen molar-refractivity contribution in [1.29, 1.82) is 0 Å². The van der Waals surface area contributed by atoms with E-state index in [2.05, 4.69) is 5.32 Å². The van der Waals surface area contributed by atoms with Gasteiger partial charge in [0.05, 0.1) is 23.3 Å². The lowest BCUT2D eigenvalue weighted by Crippen LogP contribution is -2.27. The van der Waals surface area contributed by atoms with E-state index in [-0.39, 0.29) is 16.0 Å². The van der Waals surface area contributed by atoms with Crippen LogP contribution in [0.15, 0.2) is 47.4 Å². The summed E-state index contributed by atoms with van der Waals surface area (Å²) < 4.78 is 33.0. The zero-order valence-electron chi connectivity index (χ0n) is 18.9. The van der Waals surface area contributed by atoms with Crippen LogP contribution in [0.3, 0.4) is 0 Å². The van der Waals surface area contributed by atoms with Crippen molar-refractivity contribution >= 4 is 43.9 Å². The minimum atomic E-state index is -3.99. The van der Waals surface area contributed by atoms with Gasteiger partial charge in [-0.2, -0.15) is 0 Å². The van der Waals surface area contributed by atoms with Gasteiger partial charge in [0.15, 0.2) is 0 Å². The first-order chi connectivity index (χ1) is 15.5. The Hall–Kier alpha value is -3.37. The molecule has 0 aliphatic heterocycles. The van der Waals surface area contributed by atoms with Crippen molar-refractivity contribution in [1.82, 2.24) is 0 Å². The molecule has 0 bridgehead atoms. The fourth-order valence-corrected chi connectivity index (χ4v) is 5.66. The van der Waals surface area contributed by atoms with Crippen molar-refractivity contribution in [3.8, 4) is 5.75 Å². The molecule has 10 heteroatoms. The highest BCUT2D eigenvalue weighted by molar-refractivity contribution is 7.92. The number of para-hydroxylation sites is 2. The molecule has 3 aromatic rings. The summed E-state index contributed by atoms with van der Waals surface area (Å²) in [7, 11) is -1.11. The number of nitrogens with two attached hydrogens (primary N) is 1. The van der Waals surface area contributed by atoms with Crippen molar-refractivity contribution < 1.29 is 22.7 Å². The van der Waals surface area contributed by atoms with E-state index in [1.54, 1.807) is 44.2 Å². The summed E-state index contributed by atoms with van der Waals surface area (Å²) in [6.07, 6.45) is 0. The molecular formula is C23H25N3O5S2. The first-order valence-corrected chi connectivity index (χ1v) is 12.2. The fraction of sp³-hybridized carbons (Fsp3) is 0.217. The maximum Gasteiger partial charge on any atom is 0.264 e. The van der Waals surface area contributed by atoms with Gasteiger partial charge >= 0.3 is 0 Å². The predicted octanol–water partition coefficient (Wildman–Crippen LogP) is 3.86. The standard InChI is InChI=1S/C23H25N3O5S2/c1-13-10-11-16(33(29,30)26(4)18-8-6-7-9-19(18)31-5)12-17(13)22(28)25-23-20(21(24)27)14(2)15(3)32-23/h6-12H,1-5H3,(H2,24,27)(H,25,28). The van der Waals surface area contributed by atoms with Crippen LogP contribution >= 0.6 is 11.3 Å². The van der Waals surface area contributed by atoms with Crippen LogP contribution in [0.5, 0.6) is 5.75 Å². The number of sulfonamides is 1. The number of hydrogen-bond donors (Lipinski definition) is 2. The number of primary amides is 1. The monoisotopic (exact) mass is 487 g/mol. The third-order valence-corrected chi connectivity index (χ3v) is 8.29. The largest absolute Gasteiger partial charge is 0.495 e. The number of anilines is 2. The maximum atomic E-state index is 13.3. The second-order valence-electron chi connectivity index (χ2n) is 7.43. The van der Waals surface area contributed by atoms with Gasteiger partial charge in [-0.1, -0.05) is 18.2 Å². The SMILES string of the molecule is COc1ccccc1N(C)S(=O)(=O)c1ccc(C)c(C(=O)Nc2sc(C)c(C)c2C(N)=O)c1. The molecule has 0 saturated carbocycles. The molecule has 2 aromatic carbocycles. The highest BCUT2D eigenvalue weighted by Gasteiger charge is 2.26. The number of rotatable bonds is 7. The molecule has 33 heavy (non-hydrogen) atoms. The smallest absolute Gasteiger partial charge is 0.264 e. The molecule has 0 fully saturated rings. The van der Waals surface area contributed by atoms with Gasteiger partial charge in [-0.3, -0.25) is 13.9 Å². The Morgan fingerprint density at radius 3 is 2.39 bits per heavy atom. The number of ether oxygens (including phenoxy) is 1. The lowest BCUT2D eigenvalue weighted by atomic mass is 10.1. The normalized spacial score (nSPS) is 11.2. The van der Waals surface area contributed by atoms with Gasteiger partial charge in [0.1, 0.15) is 10.8 Å². The van der Waals surface area contributed by atoms with E-state index in [1.165, 1.54) is 37.6 Å². The Morgan fingerprint density at radius 1 is 1.09 bits per heavy atom. The highest BCUT2D eigenvalue weighted by Crippen LogP contribution is 2.34. The lowest BCUT2D eigenvalue weighted by Gasteiger charge is -2.22. The zero-order chi connectivity index (χ0) is 24.5. The van der Waals surface area contributed by atoms with E-state index in [0.717, 1.165) is 9.18 Å². The Bertz CT molecular complexity index is 1350. The first kappa shape index (κ1) is 24.3. The van der Waals surface area contributed by atoms with Gasteiger partial charge in [0, 0.05) is 17.5 Å². The molecule has 3 N–H and O–H groups in total. The molecule has 0 atom stereocenters. The molecule has 0 unspecified atom stereocenters. The van der Waals surface area contributed by atoms with E-state index < -0.39 is 21.8 Å². The number of methoxy groups -OCH3 is 1. The second kappa shape index (κ2) is 9.24. The van der Waals surface area contributed by atoms with Crippen LogP contribution in [-0.4, -0.2) is 34.4 Å². The molecule has 0 saturated heterocycles. The number of aryl methyl sites for hydroxylation is 2. The second-order valence-corrected chi connectivity index (χ2v) is 10.6. The zero-order valence-corrected chi connectivity index (χ0v) is 20.6. The number of thiophene rings is 1. The number of benzene rings is 2. The summed E-state index contributed by atoms with van der Waals surface area (Å²) in [6.45, 7) is 5.29. The van der Waals surface area contributed by atoms with E-state index in [0.29, 0.717) is 27.6 Å². The van der Waals surface area contributed by atoms with Crippen molar-refractivity contribution in [2.75, 3.05) is 23.8 Å². The number of amides is 2. The number of hydrogen-bond acceptors (Lipinski definition) is 6. The Kier molecular flexibility index (Phi) is 6.80. The average molecular weight is 488 g/mol. The van der Waals surface area contributed by atoms with Gasteiger partial charge in [-0.05, 0) is 56.2 Å². The Balaban J connectivity index is 1.99. The van der Waals surface area contributed by atoms with Gasteiger partial charge in [-0.25, -0.2) is 8.42 Å². The van der Waals surface area contributed by atoms with Crippen molar-refractivity contribution in [2.24, 2.45) is 5.73 Å². The summed E-state index contributed by atoms with van der Waals surface area (Å²) >= 11 is 1.24. The third kappa shape index (κ3) is 4.57. The molecular weight excluding hydrogens is 462 g/mol. The Labute approximate surface area is 197 Å². The van der Waals surface area contributed by atoms with Gasteiger partial charge in [-0.15, -0.1) is 11.3 Å². The molecule has 0 spiro atoms. The molecule has 0 aliphatic carbocycles. The number of nitrogens with zero attached hydrogens (tertiary/aromatic N) is 1. The third-order valence-electron chi connectivity index (χ3n) is 5.40. The minimum absolute atomic E-state index is 0.0553. The van der Waals surface area contributed by atoms with Crippen molar-refractivity contribution in [3.63, 3.8) is 0 Å². The van der Waals surface area contributed by atoms with Gasteiger partial charge in [0.25, 0.3) is 21.8 Å². The molecule has 1 heterocycles. The highest BCUT2D eigenvalue weighted by atomic mass is 32.2. The van der Waals surface area contributed by atoms with Crippen molar-refractivity contribution in [3.05, 3.63) is 69.6 Å². The van der Waals surface area contributed by atoms with Crippen LogP contribution in [0.25, 0.3) is 0 Å². The van der Waals surface area contributed by atoms with Crippen LogP contribution in [0.2, 0.25) is 0 Å². The molecule has 2 amide bonds. The molecule has 8 nitrogen and oxygen atoms in total. The van der Waals surface area contributed by atoms with Crippen LogP contribution in [0, 0.1) is 20.8 Å². The van der Waals surface area contributed by atoms with Gasteiger partial charge in [0.2, 0.25) is 0 Å². The van der Waals surface area contributed by atoms with Gasteiger partial charge < -0.3 is 15.8 Å². The summed E-state index contributed by atoms with van der Waals surface area (Å²) in [4.78, 5) is 25.7. The average Bonchev–Trinajstić information content (AvgIpc) is 3.06. The molecule has 174 valence electrons. The number of carbonyl (C=O) groups is 2. The molecule has 0 aliphatic rings. The van der Waals surface area contributed by atoms with Crippen LogP contribution in [0.4, 0.5) is 10.7 Å². The minimum Gasteiger partial charge on any atom is -0.495 e.